The van der Waals surface area contributed by atoms with Gasteiger partial charge in [0.2, 0.25) is 0 Å². The Hall–Kier alpha value is -0.790. The lowest BCUT2D eigenvalue weighted by molar-refractivity contribution is -0.138. The monoisotopic (exact) mass is 380 g/mol. The van der Waals surface area contributed by atoms with Crippen LogP contribution in [0.5, 0.6) is 0 Å². The lowest BCUT2D eigenvalue weighted by Crippen LogP contribution is -2.03. The molecule has 0 aromatic rings. The van der Waals surface area contributed by atoms with E-state index in [0.717, 1.165) is 6.42 Å². The topological polar surface area (TPSA) is 37.3 Å². The van der Waals surface area contributed by atoms with Crippen molar-refractivity contribution in [1.82, 2.24) is 0 Å². The number of hydrogen-bond acceptors (Lipinski definition) is 1. The van der Waals surface area contributed by atoms with Crippen molar-refractivity contribution < 1.29 is 9.90 Å². The minimum absolute atomic E-state index is 0.328. The van der Waals surface area contributed by atoms with Crippen molar-refractivity contribution in [2.75, 3.05) is 0 Å². The molecule has 1 N–H and O–H groups in total. The normalized spacial score (nSPS) is 12.7. The molecule has 0 heterocycles. The van der Waals surface area contributed by atoms with Crippen molar-refractivity contribution in [3.05, 3.63) is 12.2 Å². The molecule has 27 heavy (non-hydrogen) atoms. The summed E-state index contributed by atoms with van der Waals surface area (Å²) in [4.78, 5) is 10.6. The van der Waals surface area contributed by atoms with Crippen LogP contribution in [0.3, 0.4) is 0 Å². The molecule has 2 nitrogen and oxygen atoms in total. The van der Waals surface area contributed by atoms with Crippen LogP contribution in [0.4, 0.5) is 0 Å². The Morgan fingerprint density at radius 3 is 1.56 bits per heavy atom. The molecule has 0 fully saturated rings. The number of aliphatic carboxylic acids is 1. The van der Waals surface area contributed by atoms with Crippen molar-refractivity contribution in [3.8, 4) is 0 Å². The molecular formula is C25H48O2. The fraction of sp³-hybridized carbons (Fsp3) is 0.880. The van der Waals surface area contributed by atoms with Crippen LogP contribution in [0.15, 0.2) is 12.2 Å². The van der Waals surface area contributed by atoms with E-state index in [1.807, 2.05) is 0 Å². The molecule has 0 spiro atoms. The molecule has 0 aliphatic heterocycles. The summed E-state index contributed by atoms with van der Waals surface area (Å²) in [5.41, 5.74) is 0. The fourth-order valence-corrected chi connectivity index (χ4v) is 3.67. The lowest BCUT2D eigenvalue weighted by Gasteiger charge is -2.07. The van der Waals surface area contributed by atoms with Gasteiger partial charge in [-0.05, 0) is 31.6 Å². The molecule has 2 heteroatoms. The first-order valence-electron chi connectivity index (χ1n) is 12.0. The van der Waals surface area contributed by atoms with Crippen molar-refractivity contribution in [1.29, 1.82) is 0 Å². The molecule has 0 saturated carbocycles. The van der Waals surface area contributed by atoms with Gasteiger partial charge in [0.05, 0.1) is 0 Å². The molecule has 160 valence electrons. The molecule has 0 aromatic carbocycles. The second-order valence-electron chi connectivity index (χ2n) is 8.49. The average Bonchev–Trinajstić information content (AvgIpc) is 2.63. The van der Waals surface area contributed by atoms with E-state index in [4.69, 9.17) is 5.11 Å². The van der Waals surface area contributed by atoms with Gasteiger partial charge in [-0.25, -0.2) is 0 Å². The molecule has 0 bridgehead atoms. The first-order valence-corrected chi connectivity index (χ1v) is 12.0. The van der Waals surface area contributed by atoms with E-state index in [1.54, 1.807) is 0 Å². The molecule has 0 aliphatic carbocycles. The largest absolute Gasteiger partial charge is 0.481 e. The van der Waals surface area contributed by atoms with E-state index in [9.17, 15) is 4.79 Å². The number of carboxylic acid groups (broad SMARTS) is 1. The first kappa shape index (κ1) is 26.2. The standard InChI is InChI=1S/C25H48O2/c1-3-4-5-6-7-8-9-10-11-12-13-14-15-16-17-18-19-20-21-22-24(2)23-25(26)27/h10-11,24H,3-9,12-23H2,1-2H3,(H,26,27)/b11-10-. The van der Waals surface area contributed by atoms with Crippen LogP contribution in [-0.4, -0.2) is 11.1 Å². The van der Waals surface area contributed by atoms with Crippen molar-refractivity contribution in [2.24, 2.45) is 5.92 Å². The highest BCUT2D eigenvalue weighted by Crippen LogP contribution is 2.15. The van der Waals surface area contributed by atoms with Gasteiger partial charge >= 0.3 is 5.97 Å². The smallest absolute Gasteiger partial charge is 0.303 e. The third-order valence-electron chi connectivity index (χ3n) is 5.48. The number of unbranched alkanes of at least 4 members (excludes halogenated alkanes) is 15. The maximum Gasteiger partial charge on any atom is 0.303 e. The summed E-state index contributed by atoms with van der Waals surface area (Å²) in [6, 6.07) is 0. The molecule has 0 saturated heterocycles. The van der Waals surface area contributed by atoms with Crippen LogP contribution >= 0.6 is 0 Å². The Morgan fingerprint density at radius 2 is 1.11 bits per heavy atom. The van der Waals surface area contributed by atoms with E-state index >= 15 is 0 Å². The molecule has 0 radical (unpaired) electrons. The molecule has 0 rings (SSSR count). The van der Waals surface area contributed by atoms with E-state index in [1.165, 1.54) is 109 Å². The van der Waals surface area contributed by atoms with Gasteiger partial charge in [-0.15, -0.1) is 0 Å². The SMILES string of the molecule is CCCCCCCC/C=C\CCCCCCCCCCCC(C)CC(=O)O. The summed E-state index contributed by atoms with van der Waals surface area (Å²) in [5.74, 6) is -0.321. The van der Waals surface area contributed by atoms with Crippen LogP contribution in [0.25, 0.3) is 0 Å². The minimum atomic E-state index is -0.657. The van der Waals surface area contributed by atoms with Crippen LogP contribution in [0, 0.1) is 5.92 Å². The van der Waals surface area contributed by atoms with Gasteiger partial charge in [-0.3, -0.25) is 4.79 Å². The number of hydrogen-bond donors (Lipinski definition) is 1. The molecule has 0 aromatic heterocycles. The minimum Gasteiger partial charge on any atom is -0.481 e. The van der Waals surface area contributed by atoms with Crippen molar-refractivity contribution in [3.63, 3.8) is 0 Å². The zero-order chi connectivity index (χ0) is 20.0. The Balaban J connectivity index is 3.14. The zero-order valence-electron chi connectivity index (χ0n) is 18.5. The van der Waals surface area contributed by atoms with E-state index in [2.05, 4.69) is 26.0 Å². The fourth-order valence-electron chi connectivity index (χ4n) is 3.67. The predicted molar refractivity (Wildman–Crippen MR) is 119 cm³/mol. The summed E-state index contributed by atoms with van der Waals surface area (Å²) in [6.07, 6.45) is 29.1. The summed E-state index contributed by atoms with van der Waals surface area (Å²) < 4.78 is 0. The van der Waals surface area contributed by atoms with Crippen molar-refractivity contribution >= 4 is 5.97 Å². The van der Waals surface area contributed by atoms with Crippen molar-refractivity contribution in [2.45, 2.75) is 136 Å². The number of allylic oxidation sites excluding steroid dienone is 2. The van der Waals surface area contributed by atoms with Gasteiger partial charge in [0.1, 0.15) is 0 Å². The predicted octanol–water partition coefficient (Wildman–Crippen LogP) is 8.70. The third-order valence-corrected chi connectivity index (χ3v) is 5.48. The highest BCUT2D eigenvalue weighted by Gasteiger charge is 2.06. The summed E-state index contributed by atoms with van der Waals surface area (Å²) in [7, 11) is 0. The first-order chi connectivity index (χ1) is 13.2. The van der Waals surface area contributed by atoms with Crippen LogP contribution in [-0.2, 0) is 4.79 Å². The number of carbonyl (C=O) groups is 1. The quantitative estimate of drug-likeness (QED) is 0.160. The molecule has 1 atom stereocenters. The Bertz CT molecular complexity index is 335. The van der Waals surface area contributed by atoms with Gasteiger partial charge in [0.15, 0.2) is 0 Å². The number of rotatable bonds is 21. The van der Waals surface area contributed by atoms with Gasteiger partial charge in [0, 0.05) is 6.42 Å². The summed E-state index contributed by atoms with van der Waals surface area (Å²) in [5, 5.41) is 8.74. The maximum absolute atomic E-state index is 10.6. The van der Waals surface area contributed by atoms with Gasteiger partial charge < -0.3 is 5.11 Å². The average molecular weight is 381 g/mol. The van der Waals surface area contributed by atoms with E-state index in [0.29, 0.717) is 12.3 Å². The van der Waals surface area contributed by atoms with E-state index in [-0.39, 0.29) is 0 Å². The Morgan fingerprint density at radius 1 is 0.704 bits per heavy atom. The second kappa shape index (κ2) is 21.5. The van der Waals surface area contributed by atoms with Crippen LogP contribution in [0.2, 0.25) is 0 Å². The van der Waals surface area contributed by atoms with Gasteiger partial charge in [-0.1, -0.05) is 116 Å². The molecule has 0 aliphatic rings. The van der Waals surface area contributed by atoms with Gasteiger partial charge in [0.25, 0.3) is 0 Å². The lowest BCUT2D eigenvalue weighted by atomic mass is 9.99. The summed E-state index contributed by atoms with van der Waals surface area (Å²) in [6.45, 7) is 4.33. The molecule has 1 unspecified atom stereocenters. The Labute approximate surface area is 170 Å². The third kappa shape index (κ3) is 23.2. The second-order valence-corrected chi connectivity index (χ2v) is 8.49. The zero-order valence-corrected chi connectivity index (χ0v) is 18.5. The maximum atomic E-state index is 10.6. The molecule has 0 amide bonds. The highest BCUT2D eigenvalue weighted by molar-refractivity contribution is 5.66. The Kier molecular flexibility index (Phi) is 20.9. The summed E-state index contributed by atoms with van der Waals surface area (Å²) >= 11 is 0. The van der Waals surface area contributed by atoms with Gasteiger partial charge in [-0.2, -0.15) is 0 Å². The van der Waals surface area contributed by atoms with Crippen LogP contribution in [0.1, 0.15) is 136 Å². The van der Waals surface area contributed by atoms with Crippen LogP contribution < -0.4 is 0 Å². The molecular weight excluding hydrogens is 332 g/mol. The van der Waals surface area contributed by atoms with E-state index < -0.39 is 5.97 Å². The highest BCUT2D eigenvalue weighted by atomic mass is 16.4. The number of carboxylic acids is 1.